The number of hydrogen-bond donors (Lipinski definition) is 1. The van der Waals surface area contributed by atoms with Crippen molar-refractivity contribution in [1.29, 1.82) is 0 Å². The van der Waals surface area contributed by atoms with Crippen LogP contribution in [0, 0.1) is 0 Å². The summed E-state index contributed by atoms with van der Waals surface area (Å²) in [6, 6.07) is 1.32. The fourth-order valence-electron chi connectivity index (χ4n) is 2.28. The molecule has 7 nitrogen and oxygen atoms in total. The first-order valence-electron chi connectivity index (χ1n) is 6.60. The smallest absolute Gasteiger partial charge is 0.306 e. The van der Waals surface area contributed by atoms with E-state index in [9.17, 15) is 13.2 Å². The fraction of sp³-hybridized carbons (Fsp3) is 0.538. The lowest BCUT2D eigenvalue weighted by Crippen LogP contribution is -2.58. The van der Waals surface area contributed by atoms with Gasteiger partial charge in [0.15, 0.2) is 0 Å². The first-order chi connectivity index (χ1) is 10.1. The lowest BCUT2D eigenvalue weighted by atomic mass is 10.0. The van der Waals surface area contributed by atoms with Crippen LogP contribution in [-0.2, 0) is 19.6 Å². The van der Waals surface area contributed by atoms with Crippen molar-refractivity contribution in [2.24, 2.45) is 0 Å². The minimum Gasteiger partial charge on any atom is -0.481 e. The number of ether oxygens (including phenoxy) is 1. The van der Waals surface area contributed by atoms with Gasteiger partial charge in [-0.2, -0.15) is 4.31 Å². The van der Waals surface area contributed by atoms with Crippen LogP contribution in [0.2, 0.25) is 5.02 Å². The highest BCUT2D eigenvalue weighted by Crippen LogP contribution is 2.30. The monoisotopic (exact) mass is 348 g/mol. The molecule has 2 rings (SSSR count). The van der Waals surface area contributed by atoms with Gasteiger partial charge in [-0.25, -0.2) is 8.42 Å². The van der Waals surface area contributed by atoms with Gasteiger partial charge in [0.25, 0.3) is 0 Å². The van der Waals surface area contributed by atoms with E-state index in [-0.39, 0.29) is 29.5 Å². The summed E-state index contributed by atoms with van der Waals surface area (Å²) in [5.74, 6) is -1.04. The Morgan fingerprint density at radius 2 is 2.23 bits per heavy atom. The summed E-state index contributed by atoms with van der Waals surface area (Å²) in [4.78, 5) is 14.6. The molecule has 0 saturated carbocycles. The van der Waals surface area contributed by atoms with E-state index in [1.54, 1.807) is 13.8 Å². The topological polar surface area (TPSA) is 96.8 Å². The van der Waals surface area contributed by atoms with Crippen molar-refractivity contribution in [1.82, 2.24) is 9.29 Å². The van der Waals surface area contributed by atoms with Crippen molar-refractivity contribution < 1.29 is 23.1 Å². The summed E-state index contributed by atoms with van der Waals surface area (Å²) < 4.78 is 32.3. The number of halogens is 1. The van der Waals surface area contributed by atoms with Crippen LogP contribution in [0.1, 0.15) is 20.3 Å². The molecular weight excluding hydrogens is 332 g/mol. The van der Waals surface area contributed by atoms with Crippen molar-refractivity contribution in [2.45, 2.75) is 36.8 Å². The Balaban J connectivity index is 2.35. The molecule has 0 radical (unpaired) electrons. The second kappa shape index (κ2) is 6.11. The van der Waals surface area contributed by atoms with Crippen molar-refractivity contribution in [3.05, 3.63) is 23.5 Å². The molecule has 0 bridgehead atoms. The largest absolute Gasteiger partial charge is 0.481 e. The van der Waals surface area contributed by atoms with Crippen LogP contribution in [0.15, 0.2) is 23.4 Å². The summed E-state index contributed by atoms with van der Waals surface area (Å²) >= 11 is 5.81. The third-order valence-corrected chi connectivity index (χ3v) is 5.64. The van der Waals surface area contributed by atoms with Gasteiger partial charge in [0, 0.05) is 18.9 Å². The molecule has 1 aromatic rings. The normalized spacial score (nSPS) is 22.4. The van der Waals surface area contributed by atoms with Gasteiger partial charge >= 0.3 is 5.97 Å². The minimum atomic E-state index is -3.85. The molecular formula is C13H17ClN2O5S. The standard InChI is InChI=1S/C13H17ClN2O5S/c1-13(2)8-21-10(4-12(17)18)7-16(13)22(19,20)11-3-9(14)5-15-6-11/h3,5-6,10H,4,7-8H2,1-2H3,(H,17,18). The van der Waals surface area contributed by atoms with E-state index < -0.39 is 27.6 Å². The summed E-state index contributed by atoms with van der Waals surface area (Å²) in [6.07, 6.45) is 1.63. The zero-order valence-corrected chi connectivity index (χ0v) is 13.8. The maximum Gasteiger partial charge on any atom is 0.306 e. The molecule has 1 aliphatic heterocycles. The summed E-state index contributed by atoms with van der Waals surface area (Å²) in [5, 5.41) is 9.08. The number of carboxylic acid groups (broad SMARTS) is 1. The predicted molar refractivity (Wildman–Crippen MR) is 79.2 cm³/mol. The molecule has 122 valence electrons. The van der Waals surface area contributed by atoms with Crippen LogP contribution >= 0.6 is 11.6 Å². The number of carbonyl (C=O) groups is 1. The first-order valence-corrected chi connectivity index (χ1v) is 8.41. The van der Waals surface area contributed by atoms with E-state index in [1.165, 1.54) is 22.8 Å². The number of pyridine rings is 1. The van der Waals surface area contributed by atoms with Crippen LogP contribution in [0.4, 0.5) is 0 Å². The second-order valence-corrected chi connectivity index (χ2v) is 8.02. The average Bonchev–Trinajstić information content (AvgIpc) is 2.40. The van der Waals surface area contributed by atoms with E-state index in [1.807, 2.05) is 0 Å². The maximum absolute atomic E-state index is 12.8. The SMILES string of the molecule is CC1(C)COC(CC(=O)O)CN1S(=O)(=O)c1cncc(Cl)c1. The Morgan fingerprint density at radius 3 is 2.82 bits per heavy atom. The van der Waals surface area contributed by atoms with Gasteiger partial charge in [0.05, 0.1) is 29.7 Å². The summed E-state index contributed by atoms with van der Waals surface area (Å²) in [7, 11) is -3.85. The number of nitrogens with zero attached hydrogens (tertiary/aromatic N) is 2. The molecule has 1 atom stereocenters. The number of morpholine rings is 1. The molecule has 1 aliphatic rings. The lowest BCUT2D eigenvalue weighted by Gasteiger charge is -2.43. The van der Waals surface area contributed by atoms with Gasteiger partial charge in [0.2, 0.25) is 10.0 Å². The minimum absolute atomic E-state index is 0.0240. The Morgan fingerprint density at radius 1 is 1.55 bits per heavy atom. The number of aromatic nitrogens is 1. The van der Waals surface area contributed by atoms with Gasteiger partial charge in [0.1, 0.15) is 4.90 Å². The molecule has 1 aromatic heterocycles. The lowest BCUT2D eigenvalue weighted by molar-refractivity contribution is -0.143. The highest BCUT2D eigenvalue weighted by atomic mass is 35.5. The summed E-state index contributed by atoms with van der Waals surface area (Å²) in [6.45, 7) is 3.52. The summed E-state index contributed by atoms with van der Waals surface area (Å²) in [5.41, 5.74) is -0.795. The van der Waals surface area contributed by atoms with Crippen molar-refractivity contribution in [2.75, 3.05) is 13.2 Å². The van der Waals surface area contributed by atoms with Gasteiger partial charge in [-0.1, -0.05) is 11.6 Å². The van der Waals surface area contributed by atoms with E-state index in [4.69, 9.17) is 21.4 Å². The van der Waals surface area contributed by atoms with Crippen molar-refractivity contribution >= 4 is 27.6 Å². The number of carboxylic acids is 1. The Hall–Kier alpha value is -1.22. The highest BCUT2D eigenvalue weighted by molar-refractivity contribution is 7.89. The average molecular weight is 349 g/mol. The van der Waals surface area contributed by atoms with Crippen molar-refractivity contribution in [3.8, 4) is 0 Å². The molecule has 22 heavy (non-hydrogen) atoms. The van der Waals surface area contributed by atoms with Crippen molar-refractivity contribution in [3.63, 3.8) is 0 Å². The number of sulfonamides is 1. The van der Waals surface area contributed by atoms with E-state index in [2.05, 4.69) is 4.98 Å². The number of hydrogen-bond acceptors (Lipinski definition) is 5. The third-order valence-electron chi connectivity index (χ3n) is 3.39. The van der Waals surface area contributed by atoms with Gasteiger partial charge in [-0.05, 0) is 19.9 Å². The molecule has 9 heteroatoms. The van der Waals surface area contributed by atoms with Gasteiger partial charge in [-0.15, -0.1) is 0 Å². The molecule has 1 N–H and O–H groups in total. The van der Waals surface area contributed by atoms with Crippen LogP contribution in [0.5, 0.6) is 0 Å². The van der Waals surface area contributed by atoms with Crippen LogP contribution in [0.25, 0.3) is 0 Å². The van der Waals surface area contributed by atoms with Gasteiger partial charge < -0.3 is 9.84 Å². The predicted octanol–water partition coefficient (Wildman–Crippen LogP) is 1.38. The first kappa shape index (κ1) is 17.1. The van der Waals surface area contributed by atoms with Crippen LogP contribution < -0.4 is 0 Å². The Bertz CT molecular complexity index is 677. The number of aliphatic carboxylic acids is 1. The van der Waals surface area contributed by atoms with E-state index in [0.717, 1.165) is 0 Å². The maximum atomic E-state index is 12.8. The Labute approximate surface area is 133 Å². The molecule has 0 amide bonds. The quantitative estimate of drug-likeness (QED) is 0.882. The van der Waals surface area contributed by atoms with E-state index >= 15 is 0 Å². The molecule has 0 aliphatic carbocycles. The van der Waals surface area contributed by atoms with E-state index in [0.29, 0.717) is 0 Å². The van der Waals surface area contributed by atoms with Crippen LogP contribution in [-0.4, -0.2) is 53.6 Å². The third kappa shape index (κ3) is 3.57. The molecule has 1 fully saturated rings. The van der Waals surface area contributed by atoms with Crippen LogP contribution in [0.3, 0.4) is 0 Å². The zero-order chi connectivity index (χ0) is 16.5. The molecule has 2 heterocycles. The zero-order valence-electron chi connectivity index (χ0n) is 12.2. The van der Waals surface area contributed by atoms with Gasteiger partial charge in [-0.3, -0.25) is 9.78 Å². The molecule has 1 saturated heterocycles. The second-order valence-electron chi connectivity index (χ2n) is 5.72. The molecule has 0 aromatic carbocycles. The highest BCUT2D eigenvalue weighted by Gasteiger charge is 2.43. The molecule has 1 unspecified atom stereocenters. The fourth-order valence-corrected chi connectivity index (χ4v) is 4.31. The Kier molecular flexibility index (Phi) is 4.76. The number of rotatable bonds is 4. The molecule has 0 spiro atoms.